The molecule has 134 valence electrons. The van der Waals surface area contributed by atoms with Gasteiger partial charge in [0.25, 0.3) is 11.8 Å². The smallest absolute Gasteiger partial charge is 0.265 e. The number of piperazine rings is 1. The number of thiophene rings is 1. The molecule has 0 saturated carbocycles. The molecule has 0 spiro atoms. The molecular weight excluding hydrogens is 381 g/mol. The van der Waals surface area contributed by atoms with Crippen molar-refractivity contribution in [2.75, 3.05) is 25.0 Å². The Labute approximate surface area is 161 Å². The number of hydrogen-bond donors (Lipinski definition) is 2. The van der Waals surface area contributed by atoms with Crippen molar-refractivity contribution in [3.63, 3.8) is 0 Å². The summed E-state index contributed by atoms with van der Waals surface area (Å²) in [6.45, 7) is 4.24. The Morgan fingerprint density at radius 1 is 1.36 bits per heavy atom. The molecule has 8 heteroatoms. The van der Waals surface area contributed by atoms with Crippen LogP contribution in [0.2, 0.25) is 5.02 Å². The predicted molar refractivity (Wildman–Crippen MR) is 104 cm³/mol. The lowest BCUT2D eigenvalue weighted by molar-refractivity contribution is 0.0655. The minimum atomic E-state index is -0.230. The summed E-state index contributed by atoms with van der Waals surface area (Å²) in [5.74, 6) is -0.278. The lowest BCUT2D eigenvalue weighted by atomic mass is 10.1. The van der Waals surface area contributed by atoms with E-state index in [1.54, 1.807) is 24.3 Å². The molecular formula is C17H19Cl2N3O2S. The normalized spacial score (nSPS) is 16.9. The van der Waals surface area contributed by atoms with E-state index in [1.165, 1.54) is 11.3 Å². The third-order valence-electron chi connectivity index (χ3n) is 3.97. The fourth-order valence-electron chi connectivity index (χ4n) is 2.65. The Morgan fingerprint density at radius 3 is 2.84 bits per heavy atom. The molecule has 2 heterocycles. The lowest BCUT2D eigenvalue weighted by Gasteiger charge is -2.34. The highest BCUT2D eigenvalue weighted by Crippen LogP contribution is 2.25. The predicted octanol–water partition coefficient (Wildman–Crippen LogP) is 3.51. The largest absolute Gasteiger partial charge is 0.333 e. The standard InChI is InChI=1S/C17H18ClN3O2S.ClH/c1-11-10-19-6-7-21(11)17(23)12-4-5-13(18)14(9-12)20-16(22)15-3-2-8-24-15;/h2-5,8-9,11,19H,6-7,10H2,1H3,(H,20,22);1H/t11-;/m0./s1. The molecule has 25 heavy (non-hydrogen) atoms. The van der Waals surface area contributed by atoms with Crippen LogP contribution in [-0.2, 0) is 0 Å². The van der Waals surface area contributed by atoms with E-state index in [0.29, 0.717) is 27.7 Å². The number of hydrogen-bond acceptors (Lipinski definition) is 4. The highest BCUT2D eigenvalue weighted by molar-refractivity contribution is 7.12. The maximum absolute atomic E-state index is 12.7. The summed E-state index contributed by atoms with van der Waals surface area (Å²) >= 11 is 7.53. The fraction of sp³-hybridized carbons (Fsp3) is 0.294. The SMILES string of the molecule is C[C@H]1CNCCN1C(=O)c1ccc(Cl)c(NC(=O)c2cccs2)c1.Cl. The van der Waals surface area contributed by atoms with E-state index in [-0.39, 0.29) is 30.3 Å². The molecule has 1 fully saturated rings. The number of carbonyl (C=O) groups is 2. The fourth-order valence-corrected chi connectivity index (χ4v) is 3.44. The van der Waals surface area contributed by atoms with Crippen molar-refractivity contribution in [2.45, 2.75) is 13.0 Å². The van der Waals surface area contributed by atoms with Crippen molar-refractivity contribution in [1.82, 2.24) is 10.2 Å². The molecule has 0 unspecified atom stereocenters. The highest BCUT2D eigenvalue weighted by Gasteiger charge is 2.24. The van der Waals surface area contributed by atoms with Crippen LogP contribution in [0.4, 0.5) is 5.69 Å². The Hall–Kier alpha value is -1.60. The molecule has 0 bridgehead atoms. The summed E-state index contributed by atoms with van der Waals surface area (Å²) in [6.07, 6.45) is 0. The van der Waals surface area contributed by atoms with Gasteiger partial charge in [0.15, 0.2) is 0 Å². The minimum Gasteiger partial charge on any atom is -0.333 e. The summed E-state index contributed by atoms with van der Waals surface area (Å²) in [5.41, 5.74) is 0.971. The van der Waals surface area contributed by atoms with Crippen LogP contribution in [0.3, 0.4) is 0 Å². The van der Waals surface area contributed by atoms with Gasteiger partial charge in [-0.3, -0.25) is 9.59 Å². The zero-order valence-electron chi connectivity index (χ0n) is 13.6. The Morgan fingerprint density at radius 2 is 2.16 bits per heavy atom. The zero-order chi connectivity index (χ0) is 17.1. The molecule has 0 aliphatic carbocycles. The maximum Gasteiger partial charge on any atom is 0.265 e. The topological polar surface area (TPSA) is 61.4 Å². The summed E-state index contributed by atoms with van der Waals surface area (Å²) in [7, 11) is 0. The van der Waals surface area contributed by atoms with Gasteiger partial charge in [-0.1, -0.05) is 17.7 Å². The molecule has 2 N–H and O–H groups in total. The number of nitrogens with zero attached hydrogens (tertiary/aromatic N) is 1. The van der Waals surface area contributed by atoms with E-state index >= 15 is 0 Å². The van der Waals surface area contributed by atoms with Gasteiger partial charge >= 0.3 is 0 Å². The molecule has 1 saturated heterocycles. The van der Waals surface area contributed by atoms with Crippen LogP contribution >= 0.6 is 35.3 Å². The quantitative estimate of drug-likeness (QED) is 0.829. The maximum atomic E-state index is 12.7. The molecule has 2 aromatic rings. The van der Waals surface area contributed by atoms with Crippen LogP contribution in [0.5, 0.6) is 0 Å². The number of nitrogens with one attached hydrogen (secondary N) is 2. The second-order valence-electron chi connectivity index (χ2n) is 5.68. The number of benzene rings is 1. The molecule has 1 atom stereocenters. The monoisotopic (exact) mass is 399 g/mol. The van der Waals surface area contributed by atoms with Crippen LogP contribution in [0.1, 0.15) is 27.0 Å². The Bertz CT molecular complexity index is 752. The first-order valence-corrected chi connectivity index (χ1v) is 8.98. The van der Waals surface area contributed by atoms with E-state index in [9.17, 15) is 9.59 Å². The Kier molecular flexibility index (Phi) is 6.84. The van der Waals surface area contributed by atoms with Gasteiger partial charge in [-0.05, 0) is 36.6 Å². The lowest BCUT2D eigenvalue weighted by Crippen LogP contribution is -2.52. The van der Waals surface area contributed by atoms with E-state index in [1.807, 2.05) is 23.3 Å². The van der Waals surface area contributed by atoms with E-state index in [4.69, 9.17) is 11.6 Å². The number of carbonyl (C=O) groups excluding carboxylic acids is 2. The van der Waals surface area contributed by atoms with E-state index in [0.717, 1.165) is 13.1 Å². The average Bonchev–Trinajstić information content (AvgIpc) is 3.11. The van der Waals surface area contributed by atoms with Gasteiger partial charge in [-0.2, -0.15) is 0 Å². The zero-order valence-corrected chi connectivity index (χ0v) is 16.0. The van der Waals surface area contributed by atoms with Crippen molar-refractivity contribution < 1.29 is 9.59 Å². The van der Waals surface area contributed by atoms with Crippen molar-refractivity contribution >= 4 is 52.8 Å². The van der Waals surface area contributed by atoms with E-state index < -0.39 is 0 Å². The summed E-state index contributed by atoms with van der Waals surface area (Å²) in [4.78, 5) is 27.4. The minimum absolute atomic E-state index is 0. The van der Waals surface area contributed by atoms with Gasteiger partial charge in [0.1, 0.15) is 0 Å². The molecule has 1 aromatic carbocycles. The van der Waals surface area contributed by atoms with Crippen LogP contribution in [0.15, 0.2) is 35.7 Å². The van der Waals surface area contributed by atoms with Gasteiger partial charge in [-0.25, -0.2) is 0 Å². The first-order valence-electron chi connectivity index (χ1n) is 7.72. The van der Waals surface area contributed by atoms with Gasteiger partial charge in [0, 0.05) is 31.2 Å². The summed E-state index contributed by atoms with van der Waals surface area (Å²) < 4.78 is 0. The molecule has 1 aliphatic rings. The third kappa shape index (κ3) is 4.52. The van der Waals surface area contributed by atoms with E-state index in [2.05, 4.69) is 10.6 Å². The van der Waals surface area contributed by atoms with Gasteiger partial charge < -0.3 is 15.5 Å². The average molecular weight is 400 g/mol. The van der Waals surface area contributed by atoms with Crippen molar-refractivity contribution in [3.8, 4) is 0 Å². The van der Waals surface area contributed by atoms with Crippen LogP contribution in [-0.4, -0.2) is 42.4 Å². The van der Waals surface area contributed by atoms with Crippen LogP contribution in [0.25, 0.3) is 0 Å². The number of amides is 2. The van der Waals surface area contributed by atoms with Gasteiger partial charge in [-0.15, -0.1) is 23.7 Å². The summed E-state index contributed by atoms with van der Waals surface area (Å²) in [5, 5.41) is 8.28. The second-order valence-corrected chi connectivity index (χ2v) is 7.03. The first-order chi connectivity index (χ1) is 11.6. The number of rotatable bonds is 3. The molecule has 2 amide bonds. The van der Waals surface area contributed by atoms with Crippen molar-refractivity contribution in [3.05, 3.63) is 51.2 Å². The summed E-state index contributed by atoms with van der Waals surface area (Å²) in [6, 6.07) is 8.67. The van der Waals surface area contributed by atoms with Gasteiger partial charge in [0.2, 0.25) is 0 Å². The molecule has 1 aliphatic heterocycles. The molecule has 0 radical (unpaired) electrons. The number of anilines is 1. The van der Waals surface area contributed by atoms with Crippen molar-refractivity contribution in [1.29, 1.82) is 0 Å². The number of halogens is 2. The van der Waals surface area contributed by atoms with Crippen LogP contribution < -0.4 is 10.6 Å². The van der Waals surface area contributed by atoms with Crippen molar-refractivity contribution in [2.24, 2.45) is 0 Å². The van der Waals surface area contributed by atoms with Gasteiger partial charge in [0.05, 0.1) is 15.6 Å². The molecule has 1 aromatic heterocycles. The van der Waals surface area contributed by atoms with Crippen LogP contribution in [0, 0.1) is 0 Å². The second kappa shape index (κ2) is 8.67. The Balaban J connectivity index is 0.00000225. The highest BCUT2D eigenvalue weighted by atomic mass is 35.5. The molecule has 5 nitrogen and oxygen atoms in total. The third-order valence-corrected chi connectivity index (χ3v) is 5.17. The molecule has 3 rings (SSSR count). The first kappa shape index (κ1) is 19.7.